The van der Waals surface area contributed by atoms with E-state index in [0.717, 1.165) is 48.9 Å². The van der Waals surface area contributed by atoms with E-state index < -0.39 is 0 Å². The maximum Gasteiger partial charge on any atom is 0.125 e. The molecular formula is C19H20N6. The van der Waals surface area contributed by atoms with E-state index >= 15 is 0 Å². The molecule has 1 aliphatic rings. The second-order valence-corrected chi connectivity index (χ2v) is 6.11. The second-order valence-electron chi connectivity index (χ2n) is 6.11. The summed E-state index contributed by atoms with van der Waals surface area (Å²) in [5.41, 5.74) is 4.42. The summed E-state index contributed by atoms with van der Waals surface area (Å²) in [5, 5.41) is 0. The Hall–Kier alpha value is -3.02. The average Bonchev–Trinajstić information content (AvgIpc) is 2.69. The molecule has 1 fully saturated rings. The summed E-state index contributed by atoms with van der Waals surface area (Å²) in [7, 11) is 0. The second kappa shape index (κ2) is 6.84. The molecule has 126 valence electrons. The largest absolute Gasteiger partial charge is 0.368 e. The van der Waals surface area contributed by atoms with Crippen molar-refractivity contribution in [2.75, 3.05) is 36.0 Å². The third-order valence-electron chi connectivity index (χ3n) is 4.47. The third kappa shape index (κ3) is 3.42. The number of hydrogen-bond acceptors (Lipinski definition) is 6. The standard InChI is InChI=1S/C19H20N6/c1-15-22-6-5-19(23-15)16-3-2-4-17(11-16)24-7-9-25(10-8-24)18-12-20-14-21-13-18/h2-6,11-14H,7-10H2,1H3. The number of hydrogen-bond donors (Lipinski definition) is 0. The number of aromatic nitrogens is 4. The van der Waals surface area contributed by atoms with Gasteiger partial charge in [-0.05, 0) is 25.1 Å². The van der Waals surface area contributed by atoms with E-state index in [0.29, 0.717) is 0 Å². The van der Waals surface area contributed by atoms with Gasteiger partial charge in [-0.1, -0.05) is 12.1 Å². The molecule has 0 saturated carbocycles. The molecule has 1 aliphatic heterocycles. The Morgan fingerprint density at radius 1 is 0.880 bits per heavy atom. The van der Waals surface area contributed by atoms with Crippen molar-refractivity contribution < 1.29 is 0 Å². The van der Waals surface area contributed by atoms with Gasteiger partial charge in [0.15, 0.2) is 0 Å². The van der Waals surface area contributed by atoms with Crippen LogP contribution in [0.1, 0.15) is 5.82 Å². The molecule has 0 N–H and O–H groups in total. The first-order chi connectivity index (χ1) is 12.3. The zero-order chi connectivity index (χ0) is 17.1. The maximum absolute atomic E-state index is 4.53. The molecule has 3 aromatic rings. The molecule has 6 nitrogen and oxygen atoms in total. The van der Waals surface area contributed by atoms with Crippen molar-refractivity contribution in [3.8, 4) is 11.3 Å². The number of benzene rings is 1. The SMILES string of the molecule is Cc1nccc(-c2cccc(N3CCN(c4cncnc4)CC3)c2)n1. The van der Waals surface area contributed by atoms with Crippen LogP contribution in [0.2, 0.25) is 0 Å². The summed E-state index contributed by atoms with van der Waals surface area (Å²) in [6.45, 7) is 5.79. The van der Waals surface area contributed by atoms with Crippen LogP contribution in [0, 0.1) is 6.92 Å². The van der Waals surface area contributed by atoms with Gasteiger partial charge in [-0.2, -0.15) is 0 Å². The lowest BCUT2D eigenvalue weighted by Gasteiger charge is -2.37. The van der Waals surface area contributed by atoms with Gasteiger partial charge in [0.05, 0.1) is 23.8 Å². The summed E-state index contributed by atoms with van der Waals surface area (Å²) in [4.78, 5) is 21.7. The van der Waals surface area contributed by atoms with Gasteiger partial charge in [-0.25, -0.2) is 19.9 Å². The van der Waals surface area contributed by atoms with Crippen molar-refractivity contribution >= 4 is 11.4 Å². The van der Waals surface area contributed by atoms with Crippen LogP contribution in [0.15, 0.2) is 55.2 Å². The minimum Gasteiger partial charge on any atom is -0.368 e. The number of anilines is 2. The van der Waals surface area contributed by atoms with E-state index in [1.54, 1.807) is 6.33 Å². The number of rotatable bonds is 3. The smallest absolute Gasteiger partial charge is 0.125 e. The Bertz CT molecular complexity index is 843. The molecule has 6 heteroatoms. The van der Waals surface area contributed by atoms with Gasteiger partial charge in [0.1, 0.15) is 12.2 Å². The molecule has 0 radical (unpaired) electrons. The number of piperazine rings is 1. The molecule has 25 heavy (non-hydrogen) atoms. The summed E-state index contributed by atoms with van der Waals surface area (Å²) in [5.74, 6) is 0.793. The molecule has 1 aromatic carbocycles. The van der Waals surface area contributed by atoms with Crippen LogP contribution in [0.5, 0.6) is 0 Å². The molecule has 3 heterocycles. The summed E-state index contributed by atoms with van der Waals surface area (Å²) < 4.78 is 0. The van der Waals surface area contributed by atoms with Crippen LogP contribution < -0.4 is 9.80 Å². The van der Waals surface area contributed by atoms with Crippen molar-refractivity contribution in [2.45, 2.75) is 6.92 Å². The average molecular weight is 332 g/mol. The van der Waals surface area contributed by atoms with Crippen molar-refractivity contribution in [3.05, 3.63) is 61.1 Å². The van der Waals surface area contributed by atoms with E-state index in [1.807, 2.05) is 31.6 Å². The van der Waals surface area contributed by atoms with Crippen molar-refractivity contribution in [2.24, 2.45) is 0 Å². The highest BCUT2D eigenvalue weighted by Crippen LogP contribution is 2.25. The molecule has 2 aromatic heterocycles. The van der Waals surface area contributed by atoms with Crippen LogP contribution in [0.4, 0.5) is 11.4 Å². The van der Waals surface area contributed by atoms with E-state index in [1.165, 1.54) is 5.69 Å². The fraction of sp³-hybridized carbons (Fsp3) is 0.263. The third-order valence-corrected chi connectivity index (χ3v) is 4.47. The highest BCUT2D eigenvalue weighted by Gasteiger charge is 2.18. The van der Waals surface area contributed by atoms with Gasteiger partial charge < -0.3 is 9.80 Å². The number of aryl methyl sites for hydroxylation is 1. The van der Waals surface area contributed by atoms with Crippen molar-refractivity contribution in [1.82, 2.24) is 19.9 Å². The lowest BCUT2D eigenvalue weighted by molar-refractivity contribution is 0.651. The molecule has 0 bridgehead atoms. The van der Waals surface area contributed by atoms with E-state index in [-0.39, 0.29) is 0 Å². The zero-order valence-electron chi connectivity index (χ0n) is 14.2. The fourth-order valence-electron chi connectivity index (χ4n) is 3.16. The quantitative estimate of drug-likeness (QED) is 0.735. The number of nitrogens with zero attached hydrogens (tertiary/aromatic N) is 6. The van der Waals surface area contributed by atoms with Gasteiger partial charge in [-0.3, -0.25) is 0 Å². The lowest BCUT2D eigenvalue weighted by Crippen LogP contribution is -2.46. The molecule has 4 rings (SSSR count). The first-order valence-electron chi connectivity index (χ1n) is 8.44. The van der Waals surface area contributed by atoms with Crippen LogP contribution in [-0.2, 0) is 0 Å². The summed E-state index contributed by atoms with van der Waals surface area (Å²) in [6, 6.07) is 10.5. The van der Waals surface area contributed by atoms with E-state index in [4.69, 9.17) is 0 Å². The highest BCUT2D eigenvalue weighted by atomic mass is 15.3. The van der Waals surface area contributed by atoms with Gasteiger partial charge in [0, 0.05) is 43.6 Å². The van der Waals surface area contributed by atoms with Gasteiger partial charge in [-0.15, -0.1) is 0 Å². The Labute approximate surface area is 147 Å². The molecule has 0 unspecified atom stereocenters. The molecule has 0 spiro atoms. The molecule has 0 atom stereocenters. The van der Waals surface area contributed by atoms with E-state index in [9.17, 15) is 0 Å². The summed E-state index contributed by atoms with van der Waals surface area (Å²) in [6.07, 6.45) is 7.13. The minimum atomic E-state index is 0.793. The molecule has 1 saturated heterocycles. The fourth-order valence-corrected chi connectivity index (χ4v) is 3.16. The minimum absolute atomic E-state index is 0.793. The van der Waals surface area contributed by atoms with Crippen LogP contribution >= 0.6 is 0 Å². The Kier molecular flexibility index (Phi) is 4.24. The summed E-state index contributed by atoms with van der Waals surface area (Å²) >= 11 is 0. The predicted octanol–water partition coefficient (Wildman–Crippen LogP) is 2.57. The van der Waals surface area contributed by atoms with Crippen LogP contribution in [-0.4, -0.2) is 46.1 Å². The van der Waals surface area contributed by atoms with Crippen molar-refractivity contribution in [3.63, 3.8) is 0 Å². The Balaban J connectivity index is 1.49. The Morgan fingerprint density at radius 3 is 2.32 bits per heavy atom. The van der Waals surface area contributed by atoms with Crippen molar-refractivity contribution in [1.29, 1.82) is 0 Å². The van der Waals surface area contributed by atoms with Crippen LogP contribution in [0.25, 0.3) is 11.3 Å². The maximum atomic E-state index is 4.53. The lowest BCUT2D eigenvalue weighted by atomic mass is 10.1. The molecule has 0 aliphatic carbocycles. The molecular weight excluding hydrogens is 312 g/mol. The Morgan fingerprint density at radius 2 is 1.60 bits per heavy atom. The first kappa shape index (κ1) is 15.5. The van der Waals surface area contributed by atoms with Crippen LogP contribution in [0.3, 0.4) is 0 Å². The normalized spacial score (nSPS) is 14.6. The first-order valence-corrected chi connectivity index (χ1v) is 8.44. The topological polar surface area (TPSA) is 58.0 Å². The van der Waals surface area contributed by atoms with E-state index in [2.05, 4.69) is 54.0 Å². The van der Waals surface area contributed by atoms with Gasteiger partial charge in [0.2, 0.25) is 0 Å². The van der Waals surface area contributed by atoms with Gasteiger partial charge >= 0.3 is 0 Å². The highest BCUT2D eigenvalue weighted by molar-refractivity contribution is 5.66. The molecule has 0 amide bonds. The van der Waals surface area contributed by atoms with Gasteiger partial charge in [0.25, 0.3) is 0 Å². The zero-order valence-corrected chi connectivity index (χ0v) is 14.2. The predicted molar refractivity (Wildman–Crippen MR) is 98.7 cm³/mol. The monoisotopic (exact) mass is 332 g/mol.